The second kappa shape index (κ2) is 10.7. The zero-order valence-electron chi connectivity index (χ0n) is 23.7. The first-order valence-electron chi connectivity index (χ1n) is 13.9. The number of ether oxygens (including phenoxy) is 4. The molecule has 2 heterocycles. The van der Waals surface area contributed by atoms with E-state index in [1.165, 1.54) is 5.57 Å². The molecule has 0 N–H and O–H groups in total. The van der Waals surface area contributed by atoms with Crippen molar-refractivity contribution in [1.82, 2.24) is 0 Å². The fourth-order valence-corrected chi connectivity index (χ4v) is 8.87. The van der Waals surface area contributed by atoms with E-state index in [-0.39, 0.29) is 35.4 Å². The molecule has 0 unspecified atom stereocenters. The van der Waals surface area contributed by atoms with E-state index in [4.69, 9.17) is 18.9 Å². The van der Waals surface area contributed by atoms with E-state index < -0.39 is 7.14 Å². The molecule has 5 nitrogen and oxygen atoms in total. The van der Waals surface area contributed by atoms with Crippen LogP contribution >= 0.6 is 7.14 Å². The summed E-state index contributed by atoms with van der Waals surface area (Å²) < 4.78 is 39.7. The molecule has 2 aromatic carbocycles. The van der Waals surface area contributed by atoms with Crippen LogP contribution in [0.3, 0.4) is 0 Å². The highest BCUT2D eigenvalue weighted by molar-refractivity contribution is 7.78. The molecule has 3 aliphatic rings. The number of rotatable bonds is 10. The van der Waals surface area contributed by atoms with Gasteiger partial charge in [-0.2, -0.15) is 0 Å². The first kappa shape index (κ1) is 27.8. The lowest BCUT2D eigenvalue weighted by Crippen LogP contribution is -2.55. The van der Waals surface area contributed by atoms with Crippen molar-refractivity contribution in [3.05, 3.63) is 71.3 Å². The highest BCUT2D eigenvalue weighted by atomic mass is 31.2. The Hall–Kier alpha value is -1.75. The molecule has 1 aliphatic carbocycles. The predicted octanol–water partition coefficient (Wildman–Crippen LogP) is 5.71. The van der Waals surface area contributed by atoms with Gasteiger partial charge in [-0.3, -0.25) is 0 Å². The van der Waals surface area contributed by atoms with Crippen molar-refractivity contribution < 1.29 is 23.5 Å². The fourth-order valence-electron chi connectivity index (χ4n) is 6.43. The molecule has 38 heavy (non-hydrogen) atoms. The number of benzene rings is 2. The zero-order valence-corrected chi connectivity index (χ0v) is 24.6. The largest absolute Gasteiger partial charge is 0.378 e. The van der Waals surface area contributed by atoms with Gasteiger partial charge in [-0.1, -0.05) is 71.3 Å². The average molecular weight is 539 g/mol. The minimum absolute atomic E-state index is 0.0885. The molecule has 0 radical (unpaired) electrons. The van der Waals surface area contributed by atoms with Crippen LogP contribution in [0.25, 0.3) is 0 Å². The van der Waals surface area contributed by atoms with Crippen LogP contribution in [-0.2, 0) is 23.5 Å². The number of hydrogen-bond acceptors (Lipinski definition) is 5. The zero-order chi connectivity index (χ0) is 27.1. The van der Waals surface area contributed by atoms with E-state index in [2.05, 4.69) is 40.7 Å². The van der Waals surface area contributed by atoms with Gasteiger partial charge in [0.25, 0.3) is 0 Å². The van der Waals surface area contributed by atoms with E-state index in [1.807, 2.05) is 48.5 Å². The molecular weight excluding hydrogens is 495 g/mol. The van der Waals surface area contributed by atoms with Crippen LogP contribution in [0.4, 0.5) is 0 Å². The molecule has 6 heteroatoms. The van der Waals surface area contributed by atoms with Gasteiger partial charge in [-0.05, 0) is 53.9 Å². The molecule has 5 rings (SSSR count). The van der Waals surface area contributed by atoms with Crippen LogP contribution in [0.5, 0.6) is 0 Å². The third-order valence-corrected chi connectivity index (χ3v) is 12.0. The molecule has 2 aromatic rings. The summed E-state index contributed by atoms with van der Waals surface area (Å²) in [5.41, 5.74) is 3.16. The van der Waals surface area contributed by atoms with E-state index >= 15 is 0 Å². The summed E-state index contributed by atoms with van der Waals surface area (Å²) in [6.45, 7) is 11.7. The van der Waals surface area contributed by atoms with E-state index in [0.717, 1.165) is 47.6 Å². The summed E-state index contributed by atoms with van der Waals surface area (Å²) in [6.07, 6.45) is 5.36. The maximum Gasteiger partial charge on any atom is 0.145 e. The molecule has 1 saturated carbocycles. The minimum atomic E-state index is -2.86. The monoisotopic (exact) mass is 538 g/mol. The Morgan fingerprint density at radius 1 is 1.05 bits per heavy atom. The Kier molecular flexibility index (Phi) is 7.81. The van der Waals surface area contributed by atoms with Gasteiger partial charge in [0.1, 0.15) is 12.7 Å². The molecular formula is C32H43O5P. The van der Waals surface area contributed by atoms with Gasteiger partial charge < -0.3 is 23.5 Å². The highest BCUT2D eigenvalue weighted by Gasteiger charge is 2.71. The second-order valence-electron chi connectivity index (χ2n) is 11.9. The van der Waals surface area contributed by atoms with Crippen molar-refractivity contribution in [2.45, 2.75) is 83.4 Å². The maximum absolute atomic E-state index is 14.6. The summed E-state index contributed by atoms with van der Waals surface area (Å²) in [4.78, 5) is 0. The average Bonchev–Trinajstić information content (AvgIpc) is 3.81. The SMILES string of the molecule is CO[C@@H]1[C@H](OCCP(=O)(c2ccc(C)cc2)c2ccc(C)cc2)CC[C@]2(CO2)[C@H]1[C@@]1(C)O[C@@H]1CC=C(C)C. The molecule has 2 aliphatic heterocycles. The first-order chi connectivity index (χ1) is 18.1. The van der Waals surface area contributed by atoms with E-state index in [9.17, 15) is 4.57 Å². The van der Waals surface area contributed by atoms with Gasteiger partial charge in [0, 0.05) is 23.9 Å². The second-order valence-corrected chi connectivity index (χ2v) is 14.9. The lowest BCUT2D eigenvalue weighted by molar-refractivity contribution is -0.136. The summed E-state index contributed by atoms with van der Waals surface area (Å²) in [5.74, 6) is 0.107. The summed E-state index contributed by atoms with van der Waals surface area (Å²) in [5, 5.41) is 1.76. The minimum Gasteiger partial charge on any atom is -0.378 e. The van der Waals surface area contributed by atoms with Crippen molar-refractivity contribution in [3.8, 4) is 0 Å². The molecule has 3 fully saturated rings. The van der Waals surface area contributed by atoms with Gasteiger partial charge >= 0.3 is 0 Å². The summed E-state index contributed by atoms with van der Waals surface area (Å²) in [7, 11) is -1.08. The van der Waals surface area contributed by atoms with Gasteiger partial charge in [0.2, 0.25) is 0 Å². The number of hydrogen-bond donors (Lipinski definition) is 0. The van der Waals surface area contributed by atoms with Crippen molar-refractivity contribution >= 4 is 17.8 Å². The van der Waals surface area contributed by atoms with Crippen molar-refractivity contribution in [2.75, 3.05) is 26.5 Å². The van der Waals surface area contributed by atoms with Crippen LogP contribution in [0, 0.1) is 19.8 Å². The Morgan fingerprint density at radius 2 is 1.63 bits per heavy atom. The standard InChI is InChI=1S/C32H43O5P/c1-22(2)7-16-28-31(5,37-28)30-29(34-6)27(17-18-32(30)21-36-32)35-19-20-38(33,25-12-8-23(3)9-13-25)26-14-10-24(4)11-15-26/h7-15,27-30H,16-21H2,1-6H3/t27-,28-,29-,30-,31+,32+/m1/s1. The van der Waals surface area contributed by atoms with Gasteiger partial charge in [0.05, 0.1) is 43.0 Å². The highest BCUT2D eigenvalue weighted by Crippen LogP contribution is 2.59. The number of methoxy groups -OCH3 is 1. The van der Waals surface area contributed by atoms with Crippen molar-refractivity contribution in [2.24, 2.45) is 5.92 Å². The third kappa shape index (κ3) is 5.33. The lowest BCUT2D eigenvalue weighted by Gasteiger charge is -2.43. The molecule has 2 saturated heterocycles. The molecule has 206 valence electrons. The fraction of sp³-hybridized carbons (Fsp3) is 0.562. The van der Waals surface area contributed by atoms with Gasteiger partial charge in [0.15, 0.2) is 0 Å². The third-order valence-electron chi connectivity index (χ3n) is 8.88. The number of aryl methyl sites for hydroxylation is 2. The normalized spacial score (nSPS) is 32.3. The van der Waals surface area contributed by atoms with Crippen LogP contribution in [-0.4, -0.2) is 56.0 Å². The summed E-state index contributed by atoms with van der Waals surface area (Å²) >= 11 is 0. The van der Waals surface area contributed by atoms with Crippen LogP contribution in [0.1, 0.15) is 51.2 Å². The molecule has 1 spiro atoms. The van der Waals surface area contributed by atoms with E-state index in [0.29, 0.717) is 12.8 Å². The van der Waals surface area contributed by atoms with Crippen molar-refractivity contribution in [3.63, 3.8) is 0 Å². The molecule has 0 amide bonds. The van der Waals surface area contributed by atoms with Crippen LogP contribution < -0.4 is 10.6 Å². The lowest BCUT2D eigenvalue weighted by atomic mass is 9.68. The number of epoxide rings is 2. The van der Waals surface area contributed by atoms with Gasteiger partial charge in [-0.25, -0.2) is 0 Å². The first-order valence-corrected chi connectivity index (χ1v) is 15.8. The Bertz CT molecular complexity index is 1150. The van der Waals surface area contributed by atoms with Crippen LogP contribution in [0.15, 0.2) is 60.2 Å². The van der Waals surface area contributed by atoms with E-state index in [1.54, 1.807) is 7.11 Å². The van der Waals surface area contributed by atoms with Crippen LogP contribution in [0.2, 0.25) is 0 Å². The van der Waals surface area contributed by atoms with Gasteiger partial charge in [-0.15, -0.1) is 0 Å². The summed E-state index contributed by atoms with van der Waals surface area (Å²) in [6, 6.07) is 16.2. The predicted molar refractivity (Wildman–Crippen MR) is 153 cm³/mol. The quantitative estimate of drug-likeness (QED) is 0.220. The maximum atomic E-state index is 14.6. The topological polar surface area (TPSA) is 60.6 Å². The Morgan fingerprint density at radius 3 is 2.13 bits per heavy atom. The molecule has 0 bridgehead atoms. The molecule has 6 atom stereocenters. The molecule has 0 aromatic heterocycles. The Labute approximate surface area is 228 Å². The van der Waals surface area contributed by atoms with Crippen molar-refractivity contribution in [1.29, 1.82) is 0 Å². The smallest absolute Gasteiger partial charge is 0.145 e. The Balaban J connectivity index is 1.32. The number of allylic oxidation sites excluding steroid dienone is 1.